The first-order valence-electron chi connectivity index (χ1n) is 11.4. The van der Waals surface area contributed by atoms with Crippen LogP contribution in [0.2, 0.25) is 0 Å². The second-order valence-corrected chi connectivity index (χ2v) is 8.71. The predicted molar refractivity (Wildman–Crippen MR) is 125 cm³/mol. The second-order valence-electron chi connectivity index (χ2n) is 8.71. The standard InChI is InChI=1S/C25H26FN5O3/c26-16-6-8-21-19(12-16)18(10-11-28-21)24(32)31-22-9-7-17(13-20(22)23(27)30-31)29-25(33)34-14-15-4-2-1-3-5-15/h1-6,8,12,17-18,28H,7,9-11,13-14H2,(H2,27,30)(H,29,33)/t17-,18?/m0/s1. The van der Waals surface area contributed by atoms with Crippen LogP contribution >= 0.6 is 0 Å². The fraction of sp³-hybridized carbons (Fsp3) is 0.320. The number of hydrogen-bond acceptors (Lipinski definition) is 6. The van der Waals surface area contributed by atoms with Gasteiger partial charge in [0.25, 0.3) is 5.91 Å². The van der Waals surface area contributed by atoms with Gasteiger partial charge >= 0.3 is 6.09 Å². The molecule has 1 aromatic heterocycles. The van der Waals surface area contributed by atoms with Crippen LogP contribution < -0.4 is 16.4 Å². The van der Waals surface area contributed by atoms with Gasteiger partial charge in [-0.1, -0.05) is 30.3 Å². The van der Waals surface area contributed by atoms with Crippen LogP contribution in [0.4, 0.5) is 20.7 Å². The van der Waals surface area contributed by atoms with Crippen molar-refractivity contribution in [3.8, 4) is 0 Å². The fourth-order valence-electron chi connectivity index (χ4n) is 4.77. The van der Waals surface area contributed by atoms with Gasteiger partial charge in [-0.25, -0.2) is 13.9 Å². The molecule has 2 aromatic carbocycles. The van der Waals surface area contributed by atoms with Gasteiger partial charge in [0.2, 0.25) is 0 Å². The number of benzene rings is 2. The van der Waals surface area contributed by atoms with Crippen LogP contribution in [-0.2, 0) is 24.2 Å². The SMILES string of the molecule is Nc1nn(C(=O)C2CCNc3ccc(F)cc32)c2c1C[C@@H](NC(=O)OCc1ccccc1)CC2. The zero-order chi connectivity index (χ0) is 23.7. The van der Waals surface area contributed by atoms with Crippen molar-refractivity contribution in [2.45, 2.75) is 44.2 Å². The van der Waals surface area contributed by atoms with E-state index >= 15 is 0 Å². The van der Waals surface area contributed by atoms with Crippen LogP contribution in [0.15, 0.2) is 48.5 Å². The van der Waals surface area contributed by atoms with Crippen molar-refractivity contribution in [1.82, 2.24) is 15.1 Å². The number of nitrogens with zero attached hydrogens (tertiary/aromatic N) is 2. The third-order valence-electron chi connectivity index (χ3n) is 6.48. The van der Waals surface area contributed by atoms with E-state index in [9.17, 15) is 14.0 Å². The van der Waals surface area contributed by atoms with Crippen LogP contribution in [0.25, 0.3) is 0 Å². The summed E-state index contributed by atoms with van der Waals surface area (Å²) in [6, 6.07) is 13.7. The summed E-state index contributed by atoms with van der Waals surface area (Å²) in [6.07, 6.45) is 1.68. The molecule has 0 saturated carbocycles. The van der Waals surface area contributed by atoms with Crippen molar-refractivity contribution in [3.05, 3.63) is 76.7 Å². The van der Waals surface area contributed by atoms with Crippen molar-refractivity contribution in [2.75, 3.05) is 17.6 Å². The quantitative estimate of drug-likeness (QED) is 0.545. The number of anilines is 2. The van der Waals surface area contributed by atoms with E-state index in [0.717, 1.165) is 22.5 Å². The first-order chi connectivity index (χ1) is 16.5. The number of nitrogens with one attached hydrogen (secondary N) is 2. The van der Waals surface area contributed by atoms with E-state index in [1.807, 2.05) is 30.3 Å². The highest BCUT2D eigenvalue weighted by Crippen LogP contribution is 2.35. The summed E-state index contributed by atoms with van der Waals surface area (Å²) in [5.74, 6) is -0.814. The van der Waals surface area contributed by atoms with Gasteiger partial charge in [0.1, 0.15) is 18.2 Å². The molecule has 1 unspecified atom stereocenters. The summed E-state index contributed by atoms with van der Waals surface area (Å²) in [5.41, 5.74) is 10.0. The summed E-state index contributed by atoms with van der Waals surface area (Å²) in [7, 11) is 0. The molecule has 0 bridgehead atoms. The lowest BCUT2D eigenvalue weighted by molar-refractivity contribution is 0.0851. The van der Waals surface area contributed by atoms with Crippen molar-refractivity contribution >= 4 is 23.5 Å². The van der Waals surface area contributed by atoms with Crippen LogP contribution in [0, 0.1) is 5.82 Å². The van der Waals surface area contributed by atoms with Gasteiger partial charge in [0, 0.05) is 23.8 Å². The number of amides is 1. The Morgan fingerprint density at radius 1 is 1.21 bits per heavy atom. The van der Waals surface area contributed by atoms with E-state index in [-0.39, 0.29) is 30.2 Å². The van der Waals surface area contributed by atoms with E-state index in [1.165, 1.54) is 16.8 Å². The first kappa shape index (κ1) is 21.9. The Labute approximate surface area is 196 Å². The molecule has 4 N–H and O–H groups in total. The summed E-state index contributed by atoms with van der Waals surface area (Å²) < 4.78 is 20.6. The number of ether oxygens (including phenoxy) is 1. The number of fused-ring (bicyclic) bond motifs is 2. The lowest BCUT2D eigenvalue weighted by atomic mass is 9.89. The average Bonchev–Trinajstić information content (AvgIpc) is 3.18. The Balaban J connectivity index is 1.28. The summed E-state index contributed by atoms with van der Waals surface area (Å²) in [6.45, 7) is 0.808. The van der Waals surface area contributed by atoms with Crippen LogP contribution in [0.3, 0.4) is 0 Å². The molecule has 1 aliphatic carbocycles. The fourth-order valence-corrected chi connectivity index (χ4v) is 4.77. The number of nitrogen functional groups attached to an aromatic ring is 1. The summed E-state index contributed by atoms with van der Waals surface area (Å²) in [5, 5.41) is 10.4. The maximum atomic E-state index is 13.9. The number of carbonyl (C=O) groups is 2. The van der Waals surface area contributed by atoms with Crippen molar-refractivity contribution < 1.29 is 18.7 Å². The molecule has 9 heteroatoms. The minimum Gasteiger partial charge on any atom is -0.445 e. The van der Waals surface area contributed by atoms with Gasteiger partial charge < -0.3 is 21.1 Å². The number of nitrogens with two attached hydrogens (primary N) is 1. The minimum absolute atomic E-state index is 0.167. The maximum Gasteiger partial charge on any atom is 0.407 e. The van der Waals surface area contributed by atoms with Gasteiger partial charge in [0.15, 0.2) is 0 Å². The Bertz CT molecular complexity index is 1230. The average molecular weight is 464 g/mol. The molecule has 8 nitrogen and oxygen atoms in total. The van der Waals surface area contributed by atoms with Gasteiger partial charge in [-0.3, -0.25) is 4.79 Å². The molecule has 0 spiro atoms. The Kier molecular flexibility index (Phi) is 5.91. The van der Waals surface area contributed by atoms with Gasteiger partial charge in [-0.2, -0.15) is 0 Å². The molecule has 1 aliphatic heterocycles. The van der Waals surface area contributed by atoms with E-state index in [4.69, 9.17) is 10.5 Å². The number of alkyl carbamates (subject to hydrolysis) is 1. The van der Waals surface area contributed by atoms with Gasteiger partial charge in [-0.05, 0) is 55.0 Å². The first-order valence-corrected chi connectivity index (χ1v) is 11.4. The van der Waals surface area contributed by atoms with Gasteiger partial charge in [0.05, 0.1) is 11.6 Å². The van der Waals surface area contributed by atoms with E-state index < -0.39 is 12.0 Å². The predicted octanol–water partition coefficient (Wildman–Crippen LogP) is 3.63. The van der Waals surface area contributed by atoms with Crippen LogP contribution in [0.5, 0.6) is 0 Å². The number of carbonyl (C=O) groups excluding carboxylic acids is 2. The zero-order valence-corrected chi connectivity index (χ0v) is 18.6. The van der Waals surface area contributed by atoms with Crippen molar-refractivity contribution in [1.29, 1.82) is 0 Å². The zero-order valence-electron chi connectivity index (χ0n) is 18.6. The largest absolute Gasteiger partial charge is 0.445 e. The topological polar surface area (TPSA) is 111 Å². The number of hydrogen-bond donors (Lipinski definition) is 3. The second kappa shape index (κ2) is 9.17. The molecule has 176 valence electrons. The Morgan fingerprint density at radius 2 is 2.03 bits per heavy atom. The molecule has 34 heavy (non-hydrogen) atoms. The summed E-state index contributed by atoms with van der Waals surface area (Å²) >= 11 is 0. The highest BCUT2D eigenvalue weighted by Gasteiger charge is 2.33. The number of rotatable bonds is 4. The third-order valence-corrected chi connectivity index (χ3v) is 6.48. The third kappa shape index (κ3) is 4.33. The molecule has 2 aliphatic rings. The Morgan fingerprint density at radius 3 is 2.85 bits per heavy atom. The molecule has 0 fully saturated rings. The number of halogens is 1. The molecule has 0 saturated heterocycles. The maximum absolute atomic E-state index is 13.9. The smallest absolute Gasteiger partial charge is 0.407 e. The van der Waals surface area contributed by atoms with Crippen LogP contribution in [-0.4, -0.2) is 34.4 Å². The van der Waals surface area contributed by atoms with Gasteiger partial charge in [-0.15, -0.1) is 5.10 Å². The van der Waals surface area contributed by atoms with E-state index in [1.54, 1.807) is 6.07 Å². The molecular formula is C25H26FN5O3. The molecule has 2 heterocycles. The summed E-state index contributed by atoms with van der Waals surface area (Å²) in [4.78, 5) is 25.7. The molecular weight excluding hydrogens is 437 g/mol. The molecule has 1 amide bonds. The highest BCUT2D eigenvalue weighted by molar-refractivity contribution is 5.89. The highest BCUT2D eigenvalue weighted by atomic mass is 19.1. The monoisotopic (exact) mass is 463 g/mol. The molecule has 0 radical (unpaired) electrons. The van der Waals surface area contributed by atoms with Crippen molar-refractivity contribution in [3.63, 3.8) is 0 Å². The van der Waals surface area contributed by atoms with Crippen molar-refractivity contribution in [2.24, 2.45) is 0 Å². The van der Waals surface area contributed by atoms with Crippen LogP contribution in [0.1, 0.15) is 45.9 Å². The Hall–Kier alpha value is -3.88. The van der Waals surface area contributed by atoms with E-state index in [2.05, 4.69) is 15.7 Å². The minimum atomic E-state index is -0.501. The van der Waals surface area contributed by atoms with E-state index in [0.29, 0.717) is 37.8 Å². The normalized spacial score (nSPS) is 18.9. The molecule has 5 rings (SSSR count). The molecule has 3 aromatic rings. The molecule has 2 atom stereocenters. The lowest BCUT2D eigenvalue weighted by Crippen LogP contribution is -2.39. The lowest BCUT2D eigenvalue weighted by Gasteiger charge is -2.27. The number of aromatic nitrogens is 2.